The standard InChI is InChI=1S/C14H29N/c1-6-12-9-11(2)7-8-13(12)10-15-14(3,4)5/h11-13,15H,6-10H2,1-5H3. The second kappa shape index (κ2) is 5.34. The molecule has 0 heterocycles. The lowest BCUT2D eigenvalue weighted by molar-refractivity contribution is 0.170. The zero-order valence-electron chi connectivity index (χ0n) is 11.3. The van der Waals surface area contributed by atoms with Gasteiger partial charge in [-0.1, -0.05) is 26.7 Å². The van der Waals surface area contributed by atoms with E-state index in [1.165, 1.54) is 32.2 Å². The highest BCUT2D eigenvalue weighted by atomic mass is 14.9. The van der Waals surface area contributed by atoms with E-state index in [2.05, 4.69) is 39.9 Å². The van der Waals surface area contributed by atoms with Gasteiger partial charge in [-0.2, -0.15) is 0 Å². The van der Waals surface area contributed by atoms with E-state index in [-0.39, 0.29) is 5.54 Å². The Morgan fingerprint density at radius 1 is 1.13 bits per heavy atom. The molecule has 1 nitrogen and oxygen atoms in total. The van der Waals surface area contributed by atoms with Crippen LogP contribution >= 0.6 is 0 Å². The first-order chi connectivity index (χ1) is 6.92. The van der Waals surface area contributed by atoms with Crippen molar-refractivity contribution in [2.45, 2.75) is 65.8 Å². The van der Waals surface area contributed by atoms with E-state index in [1.807, 2.05) is 0 Å². The van der Waals surface area contributed by atoms with Gasteiger partial charge in [0.1, 0.15) is 0 Å². The minimum absolute atomic E-state index is 0.279. The maximum absolute atomic E-state index is 3.67. The summed E-state index contributed by atoms with van der Waals surface area (Å²) >= 11 is 0. The summed E-state index contributed by atoms with van der Waals surface area (Å²) in [4.78, 5) is 0. The maximum atomic E-state index is 3.67. The van der Waals surface area contributed by atoms with Crippen molar-refractivity contribution in [2.75, 3.05) is 6.54 Å². The van der Waals surface area contributed by atoms with Gasteiger partial charge in [0.15, 0.2) is 0 Å². The average molecular weight is 211 g/mol. The quantitative estimate of drug-likeness (QED) is 0.748. The molecule has 1 N–H and O–H groups in total. The first-order valence-electron chi connectivity index (χ1n) is 6.67. The molecule has 0 aromatic heterocycles. The molecule has 90 valence electrons. The van der Waals surface area contributed by atoms with Crippen molar-refractivity contribution in [3.8, 4) is 0 Å². The molecule has 0 bridgehead atoms. The first-order valence-corrected chi connectivity index (χ1v) is 6.67. The Kier molecular flexibility index (Phi) is 4.64. The molecule has 0 aromatic carbocycles. The van der Waals surface area contributed by atoms with Crippen LogP contribution in [0.25, 0.3) is 0 Å². The molecule has 1 aliphatic rings. The van der Waals surface area contributed by atoms with Crippen molar-refractivity contribution >= 4 is 0 Å². The smallest absolute Gasteiger partial charge is 0.00966 e. The number of hydrogen-bond acceptors (Lipinski definition) is 1. The number of nitrogens with one attached hydrogen (secondary N) is 1. The van der Waals surface area contributed by atoms with E-state index in [9.17, 15) is 0 Å². The van der Waals surface area contributed by atoms with E-state index in [0.29, 0.717) is 0 Å². The molecule has 15 heavy (non-hydrogen) atoms. The van der Waals surface area contributed by atoms with Crippen LogP contribution < -0.4 is 5.32 Å². The van der Waals surface area contributed by atoms with Crippen LogP contribution in [-0.2, 0) is 0 Å². The van der Waals surface area contributed by atoms with Gasteiger partial charge in [0.25, 0.3) is 0 Å². The summed E-state index contributed by atoms with van der Waals surface area (Å²) in [5.41, 5.74) is 0.279. The third kappa shape index (κ3) is 4.55. The molecule has 1 heteroatoms. The summed E-state index contributed by atoms with van der Waals surface area (Å²) in [6.45, 7) is 12.8. The van der Waals surface area contributed by atoms with Crippen LogP contribution in [-0.4, -0.2) is 12.1 Å². The fourth-order valence-electron chi connectivity index (χ4n) is 2.77. The Balaban J connectivity index is 2.39. The summed E-state index contributed by atoms with van der Waals surface area (Å²) in [6, 6.07) is 0. The summed E-state index contributed by atoms with van der Waals surface area (Å²) in [7, 11) is 0. The molecule has 0 amide bonds. The van der Waals surface area contributed by atoms with Gasteiger partial charge in [0, 0.05) is 5.54 Å². The monoisotopic (exact) mass is 211 g/mol. The molecule has 0 spiro atoms. The van der Waals surface area contributed by atoms with Crippen LogP contribution in [0.3, 0.4) is 0 Å². The Morgan fingerprint density at radius 2 is 1.80 bits per heavy atom. The van der Waals surface area contributed by atoms with Crippen LogP contribution in [0.5, 0.6) is 0 Å². The molecule has 3 unspecified atom stereocenters. The van der Waals surface area contributed by atoms with Crippen molar-refractivity contribution < 1.29 is 0 Å². The van der Waals surface area contributed by atoms with Gasteiger partial charge in [-0.25, -0.2) is 0 Å². The topological polar surface area (TPSA) is 12.0 Å². The highest BCUT2D eigenvalue weighted by Gasteiger charge is 2.27. The van der Waals surface area contributed by atoms with Gasteiger partial charge in [-0.05, 0) is 57.9 Å². The Hall–Kier alpha value is -0.0400. The molecule has 1 aliphatic carbocycles. The summed E-state index contributed by atoms with van der Waals surface area (Å²) in [5, 5.41) is 3.67. The molecule has 0 aromatic rings. The highest BCUT2D eigenvalue weighted by Crippen LogP contribution is 2.35. The lowest BCUT2D eigenvalue weighted by atomic mass is 9.73. The summed E-state index contributed by atoms with van der Waals surface area (Å²) in [6.07, 6.45) is 5.68. The fraction of sp³-hybridized carbons (Fsp3) is 1.00. The van der Waals surface area contributed by atoms with Crippen LogP contribution in [0.2, 0.25) is 0 Å². The van der Waals surface area contributed by atoms with Crippen LogP contribution in [0, 0.1) is 17.8 Å². The zero-order chi connectivity index (χ0) is 11.5. The zero-order valence-corrected chi connectivity index (χ0v) is 11.3. The third-order valence-electron chi connectivity index (χ3n) is 3.82. The van der Waals surface area contributed by atoms with E-state index in [4.69, 9.17) is 0 Å². The maximum Gasteiger partial charge on any atom is 0.00966 e. The van der Waals surface area contributed by atoms with E-state index in [1.54, 1.807) is 0 Å². The summed E-state index contributed by atoms with van der Waals surface area (Å²) < 4.78 is 0. The predicted octanol–water partition coefficient (Wildman–Crippen LogP) is 3.84. The summed E-state index contributed by atoms with van der Waals surface area (Å²) in [5.74, 6) is 2.84. The Morgan fingerprint density at radius 3 is 2.33 bits per heavy atom. The molecule has 1 fully saturated rings. The van der Waals surface area contributed by atoms with E-state index < -0.39 is 0 Å². The first kappa shape index (κ1) is 13.0. The Labute approximate surface area is 96.0 Å². The van der Waals surface area contributed by atoms with Gasteiger partial charge >= 0.3 is 0 Å². The van der Waals surface area contributed by atoms with E-state index in [0.717, 1.165) is 17.8 Å². The SMILES string of the molecule is CCC1CC(C)CCC1CNC(C)(C)C. The third-order valence-corrected chi connectivity index (χ3v) is 3.82. The van der Waals surface area contributed by atoms with Gasteiger partial charge in [0.05, 0.1) is 0 Å². The van der Waals surface area contributed by atoms with Crippen LogP contribution in [0.4, 0.5) is 0 Å². The minimum Gasteiger partial charge on any atom is -0.312 e. The molecule has 3 atom stereocenters. The molecule has 1 rings (SSSR count). The van der Waals surface area contributed by atoms with E-state index >= 15 is 0 Å². The highest BCUT2D eigenvalue weighted by molar-refractivity contribution is 4.81. The number of hydrogen-bond donors (Lipinski definition) is 1. The van der Waals surface area contributed by atoms with Crippen molar-refractivity contribution in [3.63, 3.8) is 0 Å². The second-order valence-corrected chi connectivity index (χ2v) is 6.48. The molecular weight excluding hydrogens is 182 g/mol. The number of rotatable bonds is 3. The second-order valence-electron chi connectivity index (χ2n) is 6.48. The lowest BCUT2D eigenvalue weighted by Gasteiger charge is -2.36. The van der Waals surface area contributed by atoms with Crippen molar-refractivity contribution in [1.29, 1.82) is 0 Å². The predicted molar refractivity (Wildman–Crippen MR) is 68.0 cm³/mol. The Bertz CT molecular complexity index is 180. The molecule has 1 saturated carbocycles. The van der Waals surface area contributed by atoms with Crippen molar-refractivity contribution in [1.82, 2.24) is 5.32 Å². The average Bonchev–Trinajstić information content (AvgIpc) is 2.14. The fourth-order valence-corrected chi connectivity index (χ4v) is 2.77. The molecule has 0 radical (unpaired) electrons. The van der Waals surface area contributed by atoms with Gasteiger partial charge in [-0.15, -0.1) is 0 Å². The normalized spacial score (nSPS) is 33.0. The van der Waals surface area contributed by atoms with Crippen LogP contribution in [0.15, 0.2) is 0 Å². The van der Waals surface area contributed by atoms with Gasteiger partial charge in [-0.3, -0.25) is 0 Å². The van der Waals surface area contributed by atoms with Crippen molar-refractivity contribution in [3.05, 3.63) is 0 Å². The van der Waals surface area contributed by atoms with Gasteiger partial charge in [0.2, 0.25) is 0 Å². The van der Waals surface area contributed by atoms with Gasteiger partial charge < -0.3 is 5.32 Å². The molecule has 0 saturated heterocycles. The minimum atomic E-state index is 0.279. The van der Waals surface area contributed by atoms with Crippen LogP contribution in [0.1, 0.15) is 60.3 Å². The van der Waals surface area contributed by atoms with Crippen molar-refractivity contribution in [2.24, 2.45) is 17.8 Å². The lowest BCUT2D eigenvalue weighted by Crippen LogP contribution is -2.42. The molecule has 0 aliphatic heterocycles. The largest absolute Gasteiger partial charge is 0.312 e. The molecular formula is C14H29N.